The molecule has 1 heterocycles. The summed E-state index contributed by atoms with van der Waals surface area (Å²) >= 11 is 0. The maximum Gasteiger partial charge on any atom is 0.490 e. The van der Waals surface area contributed by atoms with Crippen molar-refractivity contribution in [1.82, 2.24) is 10.3 Å². The summed E-state index contributed by atoms with van der Waals surface area (Å²) in [6, 6.07) is 7.61. The summed E-state index contributed by atoms with van der Waals surface area (Å²) < 4.78 is 31.7. The molecule has 0 spiro atoms. The van der Waals surface area contributed by atoms with Gasteiger partial charge in [-0.3, -0.25) is 9.78 Å². The number of benzene rings is 1. The molecule has 0 radical (unpaired) electrons. The molecule has 1 unspecified atom stereocenters. The zero-order valence-corrected chi connectivity index (χ0v) is 13.6. The molecule has 0 aliphatic carbocycles. The van der Waals surface area contributed by atoms with Crippen molar-refractivity contribution in [3.05, 3.63) is 41.6 Å². The number of fused-ring (bicyclic) bond motifs is 1. The van der Waals surface area contributed by atoms with E-state index in [2.05, 4.69) is 17.2 Å². The maximum atomic E-state index is 11.8. The molecule has 2 aromatic rings. The summed E-state index contributed by atoms with van der Waals surface area (Å²) in [5, 5.41) is 10.6. The van der Waals surface area contributed by atoms with Crippen LogP contribution in [0.15, 0.2) is 30.5 Å². The van der Waals surface area contributed by atoms with Gasteiger partial charge in [-0.2, -0.15) is 13.2 Å². The van der Waals surface area contributed by atoms with Crippen molar-refractivity contribution >= 4 is 22.8 Å². The van der Waals surface area contributed by atoms with E-state index in [0.717, 1.165) is 16.5 Å². The van der Waals surface area contributed by atoms with Crippen molar-refractivity contribution in [2.24, 2.45) is 5.73 Å². The van der Waals surface area contributed by atoms with Gasteiger partial charge in [0.25, 0.3) is 5.91 Å². The first-order valence-electron chi connectivity index (χ1n) is 7.23. The first kappa shape index (κ1) is 20.4. The highest BCUT2D eigenvalue weighted by molar-refractivity contribution is 6.06. The number of carboxylic acids is 1. The SMILES string of the molecule is CNC(=O)c1ccnc2c(C(C)CN)cccc12.O=C(O)C(F)(F)F. The average molecular weight is 357 g/mol. The Bertz CT molecular complexity index is 763. The molecule has 0 aliphatic rings. The molecule has 6 nitrogen and oxygen atoms in total. The van der Waals surface area contributed by atoms with Crippen molar-refractivity contribution in [2.75, 3.05) is 13.6 Å². The molecule has 2 rings (SSSR count). The molecule has 0 saturated carbocycles. The topological polar surface area (TPSA) is 105 Å². The molecule has 1 atom stereocenters. The first-order chi connectivity index (χ1) is 11.6. The number of carboxylic acid groups (broad SMARTS) is 1. The van der Waals surface area contributed by atoms with Gasteiger partial charge in [-0.25, -0.2) is 4.79 Å². The number of aliphatic carboxylic acids is 1. The predicted octanol–water partition coefficient (Wildman–Crippen LogP) is 2.29. The fourth-order valence-electron chi connectivity index (χ4n) is 2.06. The lowest BCUT2D eigenvalue weighted by Gasteiger charge is -2.13. The highest BCUT2D eigenvalue weighted by atomic mass is 19.4. The molecule has 0 aliphatic heterocycles. The number of pyridine rings is 1. The molecule has 25 heavy (non-hydrogen) atoms. The van der Waals surface area contributed by atoms with Crippen molar-refractivity contribution < 1.29 is 27.9 Å². The Morgan fingerprint density at radius 3 is 2.40 bits per heavy atom. The summed E-state index contributed by atoms with van der Waals surface area (Å²) in [5.74, 6) is -2.63. The van der Waals surface area contributed by atoms with Crippen molar-refractivity contribution in [2.45, 2.75) is 19.0 Å². The van der Waals surface area contributed by atoms with Crippen LogP contribution in [0.4, 0.5) is 13.2 Å². The van der Waals surface area contributed by atoms with E-state index in [9.17, 15) is 18.0 Å². The summed E-state index contributed by atoms with van der Waals surface area (Å²) in [6.07, 6.45) is -3.42. The molecule has 0 saturated heterocycles. The number of nitrogens with two attached hydrogens (primary N) is 1. The number of hydrogen-bond donors (Lipinski definition) is 3. The third-order valence-corrected chi connectivity index (χ3v) is 3.40. The molecule has 4 N–H and O–H groups in total. The van der Waals surface area contributed by atoms with Gasteiger partial charge in [0.2, 0.25) is 0 Å². The number of alkyl halides is 3. The zero-order chi connectivity index (χ0) is 19.2. The Hall–Kier alpha value is -2.68. The first-order valence-corrected chi connectivity index (χ1v) is 7.23. The van der Waals surface area contributed by atoms with Crippen LogP contribution in [0.1, 0.15) is 28.8 Å². The number of carbonyl (C=O) groups is 2. The third kappa shape index (κ3) is 5.15. The van der Waals surface area contributed by atoms with Crippen LogP contribution in [0.25, 0.3) is 10.9 Å². The quantitative estimate of drug-likeness (QED) is 0.782. The molecule has 136 valence electrons. The number of amides is 1. The van der Waals surface area contributed by atoms with Crippen LogP contribution in [0.3, 0.4) is 0 Å². The normalized spacial score (nSPS) is 12.1. The Morgan fingerprint density at radius 2 is 1.92 bits per heavy atom. The maximum absolute atomic E-state index is 11.8. The molecular formula is C16H18F3N3O3. The van der Waals surface area contributed by atoms with Gasteiger partial charge in [-0.05, 0) is 24.1 Å². The fraction of sp³-hybridized carbons (Fsp3) is 0.312. The minimum atomic E-state index is -5.08. The van der Waals surface area contributed by atoms with Gasteiger partial charge < -0.3 is 16.2 Å². The van der Waals surface area contributed by atoms with E-state index >= 15 is 0 Å². The summed E-state index contributed by atoms with van der Waals surface area (Å²) in [6.45, 7) is 2.62. The summed E-state index contributed by atoms with van der Waals surface area (Å²) in [4.78, 5) is 25.1. The number of nitrogens with one attached hydrogen (secondary N) is 1. The average Bonchev–Trinajstić information content (AvgIpc) is 2.59. The molecule has 1 aromatic carbocycles. The van der Waals surface area contributed by atoms with E-state index in [1.165, 1.54) is 0 Å². The Morgan fingerprint density at radius 1 is 1.32 bits per heavy atom. The minimum Gasteiger partial charge on any atom is -0.475 e. The highest BCUT2D eigenvalue weighted by Crippen LogP contribution is 2.25. The lowest BCUT2D eigenvalue weighted by atomic mass is 9.96. The molecule has 9 heteroatoms. The van der Waals surface area contributed by atoms with Crippen LogP contribution in [-0.2, 0) is 4.79 Å². The van der Waals surface area contributed by atoms with Gasteiger partial charge in [0.15, 0.2) is 0 Å². The van der Waals surface area contributed by atoms with Crippen molar-refractivity contribution in [3.8, 4) is 0 Å². The molecular weight excluding hydrogens is 339 g/mol. The Kier molecular flexibility index (Phi) is 6.86. The number of nitrogens with zero attached hydrogens (tertiary/aromatic N) is 1. The van der Waals surface area contributed by atoms with Crippen LogP contribution in [0.5, 0.6) is 0 Å². The lowest BCUT2D eigenvalue weighted by molar-refractivity contribution is -0.192. The predicted molar refractivity (Wildman–Crippen MR) is 86.3 cm³/mol. The van der Waals surface area contributed by atoms with E-state index in [0.29, 0.717) is 12.1 Å². The van der Waals surface area contributed by atoms with E-state index in [1.54, 1.807) is 19.3 Å². The van der Waals surface area contributed by atoms with Gasteiger partial charge in [0, 0.05) is 18.6 Å². The molecule has 0 bridgehead atoms. The van der Waals surface area contributed by atoms with Gasteiger partial charge >= 0.3 is 12.1 Å². The van der Waals surface area contributed by atoms with E-state index in [1.807, 2.05) is 18.2 Å². The Labute approximate surface area is 141 Å². The van der Waals surface area contributed by atoms with Gasteiger partial charge in [-0.1, -0.05) is 25.1 Å². The summed E-state index contributed by atoms with van der Waals surface area (Å²) in [7, 11) is 1.63. The number of carbonyl (C=O) groups excluding carboxylic acids is 1. The summed E-state index contributed by atoms with van der Waals surface area (Å²) in [5.41, 5.74) is 8.30. The molecule has 0 fully saturated rings. The van der Waals surface area contributed by atoms with Crippen LogP contribution in [0.2, 0.25) is 0 Å². The number of aromatic nitrogens is 1. The van der Waals surface area contributed by atoms with E-state index in [4.69, 9.17) is 15.6 Å². The number of halogens is 3. The van der Waals surface area contributed by atoms with Gasteiger partial charge in [0.05, 0.1) is 11.1 Å². The standard InChI is InChI=1S/C14H17N3O.C2HF3O2/c1-9(8-15)10-4-3-5-11-12(14(18)16-2)6-7-17-13(10)11;3-2(4,5)1(6)7/h3-7,9H,8,15H2,1-2H3,(H,16,18);(H,6,7). The van der Waals surface area contributed by atoms with Crippen LogP contribution < -0.4 is 11.1 Å². The van der Waals surface area contributed by atoms with Gasteiger partial charge in [-0.15, -0.1) is 0 Å². The van der Waals surface area contributed by atoms with E-state index < -0.39 is 12.1 Å². The molecule has 1 amide bonds. The lowest BCUT2D eigenvalue weighted by Crippen LogP contribution is -2.21. The Balaban J connectivity index is 0.000000381. The van der Waals surface area contributed by atoms with Crippen LogP contribution >= 0.6 is 0 Å². The third-order valence-electron chi connectivity index (χ3n) is 3.40. The monoisotopic (exact) mass is 357 g/mol. The van der Waals surface area contributed by atoms with Crippen molar-refractivity contribution in [3.63, 3.8) is 0 Å². The largest absolute Gasteiger partial charge is 0.490 e. The second kappa shape index (κ2) is 8.43. The second-order valence-electron chi connectivity index (χ2n) is 5.12. The van der Waals surface area contributed by atoms with E-state index in [-0.39, 0.29) is 11.8 Å². The molecule has 1 aromatic heterocycles. The van der Waals surface area contributed by atoms with Crippen LogP contribution in [0, 0.1) is 0 Å². The fourth-order valence-corrected chi connectivity index (χ4v) is 2.06. The zero-order valence-electron chi connectivity index (χ0n) is 13.6. The second-order valence-corrected chi connectivity index (χ2v) is 5.12. The highest BCUT2D eigenvalue weighted by Gasteiger charge is 2.38. The minimum absolute atomic E-state index is 0.0973. The van der Waals surface area contributed by atoms with Crippen LogP contribution in [-0.4, -0.2) is 41.7 Å². The number of para-hydroxylation sites is 1. The van der Waals surface area contributed by atoms with Crippen molar-refractivity contribution in [1.29, 1.82) is 0 Å². The number of hydrogen-bond acceptors (Lipinski definition) is 4. The van der Waals surface area contributed by atoms with Gasteiger partial charge in [0.1, 0.15) is 0 Å². The number of rotatable bonds is 3. The smallest absolute Gasteiger partial charge is 0.475 e.